The SMILES string of the molecule is Cc1ccc2c3cnn(Cc4ccccc4)c(=O)c3n(C)c2c1. The van der Waals surface area contributed by atoms with Crippen LogP contribution in [0.5, 0.6) is 0 Å². The zero-order valence-electron chi connectivity index (χ0n) is 13.2. The molecule has 4 aromatic rings. The average molecular weight is 303 g/mol. The lowest BCUT2D eigenvalue weighted by atomic mass is 10.1. The molecule has 23 heavy (non-hydrogen) atoms. The molecule has 0 atom stereocenters. The average Bonchev–Trinajstić information content (AvgIpc) is 2.84. The summed E-state index contributed by atoms with van der Waals surface area (Å²) in [5, 5.41) is 6.37. The minimum atomic E-state index is -0.0530. The minimum absolute atomic E-state index is 0.0530. The highest BCUT2D eigenvalue weighted by Crippen LogP contribution is 2.26. The minimum Gasteiger partial charge on any atom is -0.339 e. The summed E-state index contributed by atoms with van der Waals surface area (Å²) < 4.78 is 3.51. The highest BCUT2D eigenvalue weighted by Gasteiger charge is 2.14. The van der Waals surface area contributed by atoms with Crippen LogP contribution in [0.25, 0.3) is 21.8 Å². The molecular formula is C19H17N3O. The lowest BCUT2D eigenvalue weighted by molar-refractivity contribution is 0.644. The molecule has 0 amide bonds. The Balaban J connectivity index is 1.96. The van der Waals surface area contributed by atoms with E-state index in [9.17, 15) is 4.79 Å². The highest BCUT2D eigenvalue weighted by atomic mass is 16.1. The second-order valence-electron chi connectivity index (χ2n) is 5.93. The maximum atomic E-state index is 12.9. The molecule has 0 bridgehead atoms. The third kappa shape index (κ3) is 2.14. The van der Waals surface area contributed by atoms with Crippen LogP contribution in [-0.4, -0.2) is 14.3 Å². The molecule has 2 heterocycles. The van der Waals surface area contributed by atoms with Crippen LogP contribution in [0.3, 0.4) is 0 Å². The van der Waals surface area contributed by atoms with Crippen molar-refractivity contribution in [2.45, 2.75) is 13.5 Å². The molecule has 0 N–H and O–H groups in total. The van der Waals surface area contributed by atoms with Gasteiger partial charge in [-0.2, -0.15) is 5.10 Å². The number of aromatic nitrogens is 3. The van der Waals surface area contributed by atoms with Crippen molar-refractivity contribution in [2.75, 3.05) is 0 Å². The van der Waals surface area contributed by atoms with E-state index in [1.807, 2.05) is 41.9 Å². The number of nitrogens with zero attached hydrogens (tertiary/aromatic N) is 3. The summed E-state index contributed by atoms with van der Waals surface area (Å²) in [6.45, 7) is 2.54. The Bertz CT molecular complexity index is 1070. The molecule has 4 rings (SSSR count). The molecule has 0 aliphatic heterocycles. The van der Waals surface area contributed by atoms with Crippen molar-refractivity contribution in [1.82, 2.24) is 14.3 Å². The molecular weight excluding hydrogens is 286 g/mol. The third-order valence-electron chi connectivity index (χ3n) is 4.33. The summed E-state index contributed by atoms with van der Waals surface area (Å²) >= 11 is 0. The summed E-state index contributed by atoms with van der Waals surface area (Å²) in [7, 11) is 1.94. The first kappa shape index (κ1) is 13.8. The van der Waals surface area contributed by atoms with Crippen molar-refractivity contribution < 1.29 is 0 Å². The van der Waals surface area contributed by atoms with Gasteiger partial charge in [-0.25, -0.2) is 4.68 Å². The first-order valence-electron chi connectivity index (χ1n) is 7.64. The fourth-order valence-electron chi connectivity index (χ4n) is 3.14. The number of fused-ring (bicyclic) bond motifs is 3. The summed E-state index contributed by atoms with van der Waals surface area (Å²) in [5.74, 6) is 0. The van der Waals surface area contributed by atoms with Crippen LogP contribution in [0.15, 0.2) is 59.5 Å². The van der Waals surface area contributed by atoms with Crippen molar-refractivity contribution in [3.63, 3.8) is 0 Å². The van der Waals surface area contributed by atoms with Gasteiger partial charge in [0.1, 0.15) is 5.52 Å². The molecule has 2 aromatic carbocycles. The molecule has 2 aromatic heterocycles. The molecule has 0 aliphatic rings. The molecule has 4 heteroatoms. The molecule has 4 nitrogen and oxygen atoms in total. The molecule has 0 aliphatic carbocycles. The summed E-state index contributed by atoms with van der Waals surface area (Å²) in [5.41, 5.74) is 3.97. The Morgan fingerprint density at radius 3 is 2.61 bits per heavy atom. The second-order valence-corrected chi connectivity index (χ2v) is 5.93. The Labute approximate surface area is 133 Å². The van der Waals surface area contributed by atoms with Crippen molar-refractivity contribution >= 4 is 21.8 Å². The lowest BCUT2D eigenvalue weighted by Crippen LogP contribution is -2.24. The molecule has 114 valence electrons. The van der Waals surface area contributed by atoms with Gasteiger partial charge in [0.25, 0.3) is 5.56 Å². The van der Waals surface area contributed by atoms with Crippen LogP contribution >= 0.6 is 0 Å². The number of hydrogen-bond acceptors (Lipinski definition) is 2. The van der Waals surface area contributed by atoms with Crippen molar-refractivity contribution in [3.05, 3.63) is 76.2 Å². The van der Waals surface area contributed by atoms with Crippen LogP contribution in [0.1, 0.15) is 11.1 Å². The zero-order valence-corrected chi connectivity index (χ0v) is 13.2. The van der Waals surface area contributed by atoms with Gasteiger partial charge >= 0.3 is 0 Å². The van der Waals surface area contributed by atoms with Crippen LogP contribution in [0.4, 0.5) is 0 Å². The number of aryl methyl sites for hydroxylation is 2. The largest absolute Gasteiger partial charge is 0.339 e. The van der Waals surface area contributed by atoms with E-state index in [1.165, 1.54) is 10.2 Å². The Morgan fingerprint density at radius 2 is 1.83 bits per heavy atom. The van der Waals surface area contributed by atoms with Crippen molar-refractivity contribution in [3.8, 4) is 0 Å². The molecule has 0 saturated carbocycles. The first-order valence-corrected chi connectivity index (χ1v) is 7.64. The smallest absolute Gasteiger partial charge is 0.291 e. The number of rotatable bonds is 2. The fourth-order valence-corrected chi connectivity index (χ4v) is 3.14. The Morgan fingerprint density at radius 1 is 1.04 bits per heavy atom. The van der Waals surface area contributed by atoms with Gasteiger partial charge in [0.05, 0.1) is 12.7 Å². The van der Waals surface area contributed by atoms with E-state index >= 15 is 0 Å². The van der Waals surface area contributed by atoms with E-state index in [0.29, 0.717) is 12.1 Å². The van der Waals surface area contributed by atoms with Gasteiger partial charge in [0.2, 0.25) is 0 Å². The first-order chi connectivity index (χ1) is 11.1. The molecule has 0 unspecified atom stereocenters. The normalized spacial score (nSPS) is 11.4. The summed E-state index contributed by atoms with van der Waals surface area (Å²) in [6.07, 6.45) is 1.80. The third-order valence-corrected chi connectivity index (χ3v) is 4.33. The van der Waals surface area contributed by atoms with Crippen molar-refractivity contribution in [1.29, 1.82) is 0 Å². The van der Waals surface area contributed by atoms with E-state index in [-0.39, 0.29) is 5.56 Å². The monoisotopic (exact) mass is 303 g/mol. The van der Waals surface area contributed by atoms with E-state index in [0.717, 1.165) is 21.9 Å². The van der Waals surface area contributed by atoms with Gasteiger partial charge in [-0.3, -0.25) is 4.79 Å². The van der Waals surface area contributed by atoms with Crippen molar-refractivity contribution in [2.24, 2.45) is 7.05 Å². The van der Waals surface area contributed by atoms with Crippen LogP contribution < -0.4 is 5.56 Å². The van der Waals surface area contributed by atoms with Gasteiger partial charge in [-0.1, -0.05) is 42.5 Å². The maximum Gasteiger partial charge on any atom is 0.291 e. The van der Waals surface area contributed by atoms with Gasteiger partial charge in [0.15, 0.2) is 0 Å². The summed E-state index contributed by atoms with van der Waals surface area (Å²) in [4.78, 5) is 12.9. The standard InChI is InChI=1S/C19H17N3O/c1-13-8-9-15-16-11-20-22(12-14-6-4-3-5-7-14)19(23)18(16)21(2)17(15)10-13/h3-11H,12H2,1-2H3. The molecule has 0 saturated heterocycles. The van der Waals surface area contributed by atoms with E-state index in [2.05, 4.69) is 30.2 Å². The van der Waals surface area contributed by atoms with E-state index in [1.54, 1.807) is 6.20 Å². The molecule has 0 spiro atoms. The summed E-state index contributed by atoms with van der Waals surface area (Å²) in [6, 6.07) is 16.2. The zero-order chi connectivity index (χ0) is 16.0. The Hall–Kier alpha value is -2.88. The van der Waals surface area contributed by atoms with Gasteiger partial charge in [-0.05, 0) is 24.1 Å². The quantitative estimate of drug-likeness (QED) is 0.570. The number of hydrogen-bond donors (Lipinski definition) is 0. The van der Waals surface area contributed by atoms with Gasteiger partial charge in [-0.15, -0.1) is 0 Å². The van der Waals surface area contributed by atoms with Gasteiger partial charge in [0, 0.05) is 23.3 Å². The second kappa shape index (κ2) is 5.09. The van der Waals surface area contributed by atoms with Crippen LogP contribution in [0.2, 0.25) is 0 Å². The highest BCUT2D eigenvalue weighted by molar-refractivity contribution is 6.07. The molecule has 0 radical (unpaired) electrons. The predicted molar refractivity (Wildman–Crippen MR) is 92.8 cm³/mol. The molecule has 0 fully saturated rings. The fraction of sp³-hybridized carbons (Fsp3) is 0.158. The van der Waals surface area contributed by atoms with Crippen LogP contribution in [-0.2, 0) is 13.6 Å². The van der Waals surface area contributed by atoms with Crippen LogP contribution in [0, 0.1) is 6.92 Å². The van der Waals surface area contributed by atoms with E-state index < -0.39 is 0 Å². The topological polar surface area (TPSA) is 39.8 Å². The number of benzene rings is 2. The Kier molecular flexibility index (Phi) is 3.05. The van der Waals surface area contributed by atoms with Gasteiger partial charge < -0.3 is 4.57 Å². The predicted octanol–water partition coefficient (Wildman–Crippen LogP) is 3.24. The maximum absolute atomic E-state index is 12.9. The lowest BCUT2D eigenvalue weighted by Gasteiger charge is -2.05. The van der Waals surface area contributed by atoms with E-state index in [4.69, 9.17) is 0 Å².